The lowest BCUT2D eigenvalue weighted by atomic mass is 10.0. The number of benzene rings is 2. The van der Waals surface area contributed by atoms with Gasteiger partial charge >= 0.3 is 6.09 Å². The third-order valence-electron chi connectivity index (χ3n) is 8.06. The fourth-order valence-electron chi connectivity index (χ4n) is 5.49. The molecule has 39 heavy (non-hydrogen) atoms. The van der Waals surface area contributed by atoms with Gasteiger partial charge in [0, 0.05) is 25.6 Å². The van der Waals surface area contributed by atoms with Crippen LogP contribution in [0.1, 0.15) is 50.7 Å². The molecule has 9 heteroatoms. The van der Waals surface area contributed by atoms with Gasteiger partial charge in [0.1, 0.15) is 6.10 Å². The first-order chi connectivity index (χ1) is 18.7. The predicted octanol–water partition coefficient (Wildman–Crippen LogP) is 4.30. The molecule has 1 heterocycles. The average molecular weight is 559 g/mol. The molecule has 2 aliphatic rings. The van der Waals surface area contributed by atoms with Crippen LogP contribution in [0.4, 0.5) is 4.79 Å². The van der Waals surface area contributed by atoms with Gasteiger partial charge in [-0.15, -0.1) is 0 Å². The van der Waals surface area contributed by atoms with Crippen molar-refractivity contribution >= 4 is 16.1 Å². The van der Waals surface area contributed by atoms with Crippen LogP contribution in [0.5, 0.6) is 0 Å². The zero-order chi connectivity index (χ0) is 28.0. The van der Waals surface area contributed by atoms with Crippen molar-refractivity contribution in [2.45, 2.75) is 82.1 Å². The van der Waals surface area contributed by atoms with E-state index >= 15 is 0 Å². The van der Waals surface area contributed by atoms with Gasteiger partial charge in [-0.1, -0.05) is 68.3 Å². The van der Waals surface area contributed by atoms with E-state index in [2.05, 4.69) is 5.32 Å². The van der Waals surface area contributed by atoms with E-state index in [1.165, 1.54) is 4.31 Å². The number of amides is 1. The van der Waals surface area contributed by atoms with Gasteiger partial charge in [0.25, 0.3) is 0 Å². The lowest BCUT2D eigenvalue weighted by Gasteiger charge is -2.31. The highest BCUT2D eigenvalue weighted by molar-refractivity contribution is 7.89. The Morgan fingerprint density at radius 2 is 1.82 bits per heavy atom. The lowest BCUT2D eigenvalue weighted by Crippen LogP contribution is -2.51. The largest absolute Gasteiger partial charge is 0.446 e. The number of rotatable bonds is 12. The van der Waals surface area contributed by atoms with E-state index in [9.17, 15) is 18.3 Å². The van der Waals surface area contributed by atoms with Crippen LogP contribution in [-0.4, -0.2) is 68.0 Å². The van der Waals surface area contributed by atoms with Crippen LogP contribution >= 0.6 is 0 Å². The van der Waals surface area contributed by atoms with Crippen molar-refractivity contribution in [3.8, 4) is 0 Å². The number of sulfonamides is 1. The quantitative estimate of drug-likeness (QED) is 0.403. The molecule has 0 aromatic heterocycles. The lowest BCUT2D eigenvalue weighted by molar-refractivity contribution is 0.0496. The maximum Gasteiger partial charge on any atom is 0.407 e. The summed E-state index contributed by atoms with van der Waals surface area (Å²) in [5.74, 6) is 0.297. The Morgan fingerprint density at radius 3 is 2.51 bits per heavy atom. The van der Waals surface area contributed by atoms with Crippen LogP contribution in [0.2, 0.25) is 0 Å². The van der Waals surface area contributed by atoms with Crippen LogP contribution < -0.4 is 5.32 Å². The van der Waals surface area contributed by atoms with Gasteiger partial charge in [-0.2, -0.15) is 4.31 Å². The molecule has 6 atom stereocenters. The van der Waals surface area contributed by atoms with Gasteiger partial charge in [-0.25, -0.2) is 13.2 Å². The van der Waals surface area contributed by atoms with E-state index in [0.29, 0.717) is 13.0 Å². The number of fused-ring (bicyclic) bond motifs is 1. The normalized spacial score (nSPS) is 23.3. The molecule has 2 aromatic carbocycles. The van der Waals surface area contributed by atoms with E-state index in [1.54, 1.807) is 24.3 Å². The number of carbonyl (C=O) groups excluding carboxylic acids is 1. The van der Waals surface area contributed by atoms with Crippen molar-refractivity contribution in [1.29, 1.82) is 0 Å². The van der Waals surface area contributed by atoms with Crippen molar-refractivity contribution in [1.82, 2.24) is 9.62 Å². The third-order valence-corrected chi connectivity index (χ3v) is 9.91. The number of alkyl carbamates (subject to hydrolysis) is 1. The summed E-state index contributed by atoms with van der Waals surface area (Å²) in [4.78, 5) is 13.2. The summed E-state index contributed by atoms with van der Waals surface area (Å²) in [5, 5.41) is 14.3. The number of carbonyl (C=O) groups is 1. The fraction of sp³-hybridized carbons (Fsp3) is 0.567. The van der Waals surface area contributed by atoms with Crippen molar-refractivity contribution in [3.05, 3.63) is 65.7 Å². The molecule has 0 radical (unpaired) electrons. The number of ether oxygens (including phenoxy) is 2. The molecule has 0 spiro atoms. The molecule has 4 rings (SSSR count). The summed E-state index contributed by atoms with van der Waals surface area (Å²) < 4.78 is 40.2. The minimum Gasteiger partial charge on any atom is -0.446 e. The summed E-state index contributed by atoms with van der Waals surface area (Å²) in [6, 6.07) is 15.5. The first kappa shape index (κ1) is 29.5. The van der Waals surface area contributed by atoms with Gasteiger partial charge in [-0.05, 0) is 56.2 Å². The molecule has 2 fully saturated rings. The molecule has 8 nitrogen and oxygen atoms in total. The first-order valence-corrected chi connectivity index (χ1v) is 15.5. The van der Waals surface area contributed by atoms with Crippen LogP contribution in [0.15, 0.2) is 59.5 Å². The maximum absolute atomic E-state index is 13.7. The number of aliphatic hydroxyl groups excluding tert-OH is 1. The van der Waals surface area contributed by atoms with Crippen molar-refractivity contribution in [3.63, 3.8) is 0 Å². The van der Waals surface area contributed by atoms with Crippen molar-refractivity contribution in [2.24, 2.45) is 11.8 Å². The zero-order valence-electron chi connectivity index (χ0n) is 23.2. The van der Waals surface area contributed by atoms with Crippen LogP contribution in [0.3, 0.4) is 0 Å². The Kier molecular flexibility index (Phi) is 10.0. The number of hydrogen-bond acceptors (Lipinski definition) is 6. The van der Waals surface area contributed by atoms with E-state index in [-0.39, 0.29) is 42.0 Å². The molecule has 1 aliphatic carbocycles. The minimum absolute atomic E-state index is 0.0897. The first-order valence-electron chi connectivity index (χ1n) is 14.0. The van der Waals surface area contributed by atoms with Gasteiger partial charge in [-0.3, -0.25) is 0 Å². The monoisotopic (exact) mass is 558 g/mol. The molecule has 1 amide bonds. The second kappa shape index (κ2) is 13.3. The Balaban J connectivity index is 1.52. The number of nitrogens with zero attached hydrogens (tertiary/aromatic N) is 1. The standard InChI is InChI=1S/C30H42N2O6S/c1-4-21(2)19-32(39(35,36)24-12-10-22(3)11-13-24)20-27(33)26(18-23-8-6-5-7-9-23)31-30(34)38-29-15-14-28-25(29)16-17-37-28/h5-13,21,25-29,33H,4,14-20H2,1-3H3,(H,31,34)/t21-,25+,26-,27+,28+,29-/m0/s1. The third kappa shape index (κ3) is 7.60. The van der Waals surface area contributed by atoms with Gasteiger partial charge in [0.15, 0.2) is 0 Å². The second-order valence-corrected chi connectivity index (χ2v) is 13.0. The van der Waals surface area contributed by atoms with Crippen molar-refractivity contribution < 1.29 is 27.8 Å². The van der Waals surface area contributed by atoms with E-state index < -0.39 is 28.3 Å². The Bertz CT molecular complexity index is 1170. The van der Waals surface area contributed by atoms with E-state index in [4.69, 9.17) is 9.47 Å². The average Bonchev–Trinajstić information content (AvgIpc) is 3.54. The molecule has 1 saturated carbocycles. The molecule has 1 aliphatic heterocycles. The van der Waals surface area contributed by atoms with Crippen LogP contribution in [0, 0.1) is 18.8 Å². The van der Waals surface area contributed by atoms with Gasteiger partial charge < -0.3 is 19.9 Å². The summed E-state index contributed by atoms with van der Waals surface area (Å²) in [6.45, 7) is 6.70. The SMILES string of the molecule is CC[C@H](C)CN(C[C@@H](O)[C@H](Cc1ccccc1)NC(=O)O[C@H]1CC[C@H]2OCC[C@@H]12)S(=O)(=O)c1ccc(C)cc1. The van der Waals surface area contributed by atoms with Crippen molar-refractivity contribution in [2.75, 3.05) is 19.7 Å². The Morgan fingerprint density at radius 1 is 1.10 bits per heavy atom. The Labute approximate surface area is 232 Å². The zero-order valence-corrected chi connectivity index (χ0v) is 24.0. The predicted molar refractivity (Wildman–Crippen MR) is 150 cm³/mol. The molecule has 2 N–H and O–H groups in total. The second-order valence-electron chi connectivity index (χ2n) is 11.0. The van der Waals surface area contributed by atoms with Crippen LogP contribution in [0.25, 0.3) is 0 Å². The Hall–Kier alpha value is -2.46. The summed E-state index contributed by atoms with van der Waals surface area (Å²) >= 11 is 0. The molecule has 1 saturated heterocycles. The highest BCUT2D eigenvalue weighted by Crippen LogP contribution is 2.37. The van der Waals surface area contributed by atoms with Gasteiger partial charge in [0.2, 0.25) is 10.0 Å². The smallest absolute Gasteiger partial charge is 0.407 e. The minimum atomic E-state index is -3.87. The topological polar surface area (TPSA) is 105 Å². The molecule has 0 unspecified atom stereocenters. The van der Waals surface area contributed by atoms with E-state index in [0.717, 1.165) is 36.8 Å². The number of aliphatic hydroxyl groups is 1. The molecule has 2 aromatic rings. The highest BCUT2D eigenvalue weighted by atomic mass is 32.2. The number of hydrogen-bond donors (Lipinski definition) is 2. The summed E-state index contributed by atoms with van der Waals surface area (Å²) in [7, 11) is -3.87. The maximum atomic E-state index is 13.7. The van der Waals surface area contributed by atoms with Crippen LogP contribution in [-0.2, 0) is 25.9 Å². The van der Waals surface area contributed by atoms with Gasteiger partial charge in [0.05, 0.1) is 23.1 Å². The summed E-state index contributed by atoms with van der Waals surface area (Å²) in [6.07, 6.45) is 1.81. The highest BCUT2D eigenvalue weighted by Gasteiger charge is 2.43. The number of nitrogens with one attached hydrogen (secondary N) is 1. The molecular formula is C30H42N2O6S. The fourth-order valence-corrected chi connectivity index (χ4v) is 7.07. The molecule has 214 valence electrons. The molecular weight excluding hydrogens is 516 g/mol. The summed E-state index contributed by atoms with van der Waals surface area (Å²) in [5.41, 5.74) is 1.88. The number of aryl methyl sites for hydroxylation is 1. The van der Waals surface area contributed by atoms with E-state index in [1.807, 2.05) is 51.1 Å². The molecule has 0 bridgehead atoms.